The van der Waals surface area contributed by atoms with Crippen molar-refractivity contribution in [2.24, 2.45) is 0 Å². The minimum absolute atomic E-state index is 0.0794. The van der Waals surface area contributed by atoms with Gasteiger partial charge in [0.15, 0.2) is 5.78 Å². The average molecular weight is 310 g/mol. The van der Waals surface area contributed by atoms with E-state index in [9.17, 15) is 24.5 Å². The molecule has 3 rings (SSSR count). The first-order chi connectivity index (χ1) is 11.0. The molecule has 1 aliphatic heterocycles. The molecule has 0 radical (unpaired) electrons. The van der Waals surface area contributed by atoms with Crippen LogP contribution in [0.4, 0.5) is 5.69 Å². The van der Waals surface area contributed by atoms with Gasteiger partial charge in [-0.1, -0.05) is 24.3 Å². The number of non-ortho nitro benzene ring substituents is 1. The van der Waals surface area contributed by atoms with Crippen LogP contribution in [0.2, 0.25) is 0 Å². The molecule has 7 nitrogen and oxygen atoms in total. The van der Waals surface area contributed by atoms with E-state index in [4.69, 9.17) is 0 Å². The van der Waals surface area contributed by atoms with E-state index < -0.39 is 29.1 Å². The van der Waals surface area contributed by atoms with Crippen LogP contribution in [0.1, 0.15) is 31.1 Å². The number of fused-ring (bicyclic) bond motifs is 1. The fraction of sp³-hybridized carbons (Fsp3) is 0.0625. The van der Waals surface area contributed by atoms with E-state index in [0.29, 0.717) is 0 Å². The molecule has 0 N–H and O–H groups in total. The monoisotopic (exact) mass is 310 g/mol. The second-order valence-corrected chi connectivity index (χ2v) is 4.97. The number of rotatable bonds is 4. The number of nitro groups is 1. The summed E-state index contributed by atoms with van der Waals surface area (Å²) in [5.41, 5.74) is 0.364. The number of ketones is 1. The zero-order valence-corrected chi connectivity index (χ0v) is 11.8. The van der Waals surface area contributed by atoms with Crippen molar-refractivity contribution in [3.05, 3.63) is 75.3 Å². The first-order valence-electron chi connectivity index (χ1n) is 6.72. The largest absolute Gasteiger partial charge is 0.292 e. The van der Waals surface area contributed by atoms with Crippen LogP contribution in [0.3, 0.4) is 0 Å². The smallest absolute Gasteiger partial charge is 0.270 e. The van der Waals surface area contributed by atoms with Crippen LogP contribution in [0, 0.1) is 10.1 Å². The fourth-order valence-corrected chi connectivity index (χ4v) is 2.41. The average Bonchev–Trinajstić information content (AvgIpc) is 2.80. The summed E-state index contributed by atoms with van der Waals surface area (Å²) in [4.78, 5) is 47.6. The van der Waals surface area contributed by atoms with Crippen LogP contribution in [0.25, 0.3) is 0 Å². The molecule has 2 aromatic rings. The van der Waals surface area contributed by atoms with Crippen molar-refractivity contribution in [2.45, 2.75) is 0 Å². The maximum atomic E-state index is 12.2. The topological polar surface area (TPSA) is 97.6 Å². The summed E-state index contributed by atoms with van der Waals surface area (Å²) in [6.45, 7) is -0.451. The van der Waals surface area contributed by atoms with Gasteiger partial charge in [-0.25, -0.2) is 0 Å². The van der Waals surface area contributed by atoms with Gasteiger partial charge in [-0.15, -0.1) is 0 Å². The Hall–Kier alpha value is -3.35. The highest BCUT2D eigenvalue weighted by atomic mass is 16.6. The molecule has 1 heterocycles. The second-order valence-electron chi connectivity index (χ2n) is 4.97. The highest BCUT2D eigenvalue weighted by molar-refractivity contribution is 6.23. The molecule has 2 aromatic carbocycles. The lowest BCUT2D eigenvalue weighted by molar-refractivity contribution is -0.384. The minimum atomic E-state index is -0.612. The van der Waals surface area contributed by atoms with E-state index >= 15 is 0 Å². The first kappa shape index (κ1) is 14.6. The van der Waals surface area contributed by atoms with E-state index in [-0.39, 0.29) is 22.4 Å². The van der Waals surface area contributed by atoms with Crippen LogP contribution < -0.4 is 0 Å². The van der Waals surface area contributed by atoms with Crippen molar-refractivity contribution in [3.63, 3.8) is 0 Å². The van der Waals surface area contributed by atoms with Gasteiger partial charge in [0.1, 0.15) is 0 Å². The lowest BCUT2D eigenvalue weighted by Gasteiger charge is -2.12. The molecule has 7 heteroatoms. The van der Waals surface area contributed by atoms with E-state index in [1.54, 1.807) is 12.1 Å². The third-order valence-corrected chi connectivity index (χ3v) is 3.56. The molecular weight excluding hydrogens is 300 g/mol. The predicted molar refractivity (Wildman–Crippen MR) is 79.2 cm³/mol. The summed E-state index contributed by atoms with van der Waals surface area (Å²) in [5, 5.41) is 10.7. The fourth-order valence-electron chi connectivity index (χ4n) is 2.41. The van der Waals surface area contributed by atoms with E-state index in [0.717, 1.165) is 11.0 Å². The molecule has 0 spiro atoms. The van der Waals surface area contributed by atoms with Crippen molar-refractivity contribution in [1.82, 2.24) is 4.90 Å². The van der Waals surface area contributed by atoms with Crippen molar-refractivity contribution in [2.75, 3.05) is 6.54 Å². The summed E-state index contributed by atoms with van der Waals surface area (Å²) in [5.74, 6) is -1.61. The maximum Gasteiger partial charge on any atom is 0.270 e. The number of carbonyl (C=O) groups is 3. The van der Waals surface area contributed by atoms with Crippen molar-refractivity contribution < 1.29 is 19.3 Å². The molecule has 0 aliphatic carbocycles. The third-order valence-electron chi connectivity index (χ3n) is 3.56. The van der Waals surface area contributed by atoms with E-state index in [1.807, 2.05) is 0 Å². The molecule has 2 amide bonds. The molecule has 114 valence electrons. The number of carbonyl (C=O) groups excluding carboxylic acids is 3. The zero-order chi connectivity index (χ0) is 16.6. The van der Waals surface area contributed by atoms with Gasteiger partial charge in [-0.3, -0.25) is 29.4 Å². The number of amides is 2. The van der Waals surface area contributed by atoms with Gasteiger partial charge in [0.2, 0.25) is 0 Å². The van der Waals surface area contributed by atoms with Crippen LogP contribution in [0.15, 0.2) is 48.5 Å². The van der Waals surface area contributed by atoms with Crippen molar-refractivity contribution >= 4 is 23.3 Å². The predicted octanol–water partition coefficient (Wildman–Crippen LogP) is 2.07. The van der Waals surface area contributed by atoms with Crippen molar-refractivity contribution in [1.29, 1.82) is 0 Å². The van der Waals surface area contributed by atoms with Crippen LogP contribution in [0.5, 0.6) is 0 Å². The molecule has 0 bridgehead atoms. The van der Waals surface area contributed by atoms with Gasteiger partial charge in [-0.2, -0.15) is 0 Å². The number of nitrogens with zero attached hydrogens (tertiary/aromatic N) is 2. The molecule has 0 unspecified atom stereocenters. The second kappa shape index (κ2) is 5.45. The molecule has 0 fully saturated rings. The van der Waals surface area contributed by atoms with Crippen LogP contribution in [-0.4, -0.2) is 34.0 Å². The van der Waals surface area contributed by atoms with E-state index in [2.05, 4.69) is 0 Å². The third kappa shape index (κ3) is 2.48. The summed E-state index contributed by atoms with van der Waals surface area (Å²) in [7, 11) is 0. The number of benzene rings is 2. The van der Waals surface area contributed by atoms with Gasteiger partial charge in [0.25, 0.3) is 17.5 Å². The maximum absolute atomic E-state index is 12.2. The van der Waals surface area contributed by atoms with Crippen molar-refractivity contribution in [3.8, 4) is 0 Å². The molecule has 0 saturated carbocycles. The SMILES string of the molecule is O=C(CN1C(=O)c2ccccc2C1=O)c1cccc([N+](=O)[O-])c1. The zero-order valence-electron chi connectivity index (χ0n) is 11.8. The molecule has 0 atom stereocenters. The minimum Gasteiger partial charge on any atom is -0.292 e. The summed E-state index contributed by atoms with van der Waals surface area (Å²) in [6.07, 6.45) is 0. The van der Waals surface area contributed by atoms with Gasteiger partial charge in [0.05, 0.1) is 22.6 Å². The normalized spacial score (nSPS) is 13.1. The number of hydrogen-bond donors (Lipinski definition) is 0. The standard InChI is InChI=1S/C16H10N2O5/c19-14(10-4-3-5-11(8-10)18(22)23)9-17-15(20)12-6-1-2-7-13(12)16(17)21/h1-8H,9H2. The highest BCUT2D eigenvalue weighted by Gasteiger charge is 2.36. The molecule has 23 heavy (non-hydrogen) atoms. The molecule has 1 aliphatic rings. The Morgan fingerprint density at radius 1 is 1.00 bits per heavy atom. The van der Waals surface area contributed by atoms with Gasteiger partial charge in [0, 0.05) is 17.7 Å². The summed E-state index contributed by atoms with van der Waals surface area (Å²) in [6, 6.07) is 11.5. The number of hydrogen-bond acceptors (Lipinski definition) is 5. The summed E-state index contributed by atoms with van der Waals surface area (Å²) < 4.78 is 0. The Balaban J connectivity index is 1.85. The van der Waals surface area contributed by atoms with E-state index in [1.165, 1.54) is 30.3 Å². The van der Waals surface area contributed by atoms with Crippen LogP contribution >= 0.6 is 0 Å². The number of nitro benzene ring substituents is 1. The Bertz CT molecular complexity index is 824. The van der Waals surface area contributed by atoms with Gasteiger partial charge in [-0.05, 0) is 12.1 Å². The Morgan fingerprint density at radius 2 is 1.61 bits per heavy atom. The van der Waals surface area contributed by atoms with Gasteiger partial charge < -0.3 is 0 Å². The Kier molecular flexibility index (Phi) is 3.46. The summed E-state index contributed by atoms with van der Waals surface area (Å²) >= 11 is 0. The number of Topliss-reactive ketones (excluding diaryl/α,β-unsaturated/α-hetero) is 1. The lowest BCUT2D eigenvalue weighted by Crippen LogP contribution is -2.34. The lowest BCUT2D eigenvalue weighted by atomic mass is 10.1. The molecule has 0 saturated heterocycles. The van der Waals surface area contributed by atoms with Gasteiger partial charge >= 0.3 is 0 Å². The highest BCUT2D eigenvalue weighted by Crippen LogP contribution is 2.23. The molecular formula is C16H10N2O5. The quantitative estimate of drug-likeness (QED) is 0.373. The molecule has 0 aromatic heterocycles. The Labute approximate surface area is 130 Å². The Morgan fingerprint density at radius 3 is 2.17 bits per heavy atom. The number of imide groups is 1. The first-order valence-corrected chi connectivity index (χ1v) is 6.72. The van der Waals surface area contributed by atoms with Crippen LogP contribution in [-0.2, 0) is 0 Å².